The Morgan fingerprint density at radius 3 is 2.30 bits per heavy atom. The molecule has 1 rings (SSSR count). The largest absolute Gasteiger partial charge is 0.314 e. The summed E-state index contributed by atoms with van der Waals surface area (Å²) in [6.45, 7) is 8.11. The monoisotopic (exact) mass is 141 g/mol. The lowest BCUT2D eigenvalue weighted by Crippen LogP contribution is -2.25. The molecule has 60 valence electrons. The van der Waals surface area contributed by atoms with Gasteiger partial charge >= 0.3 is 0 Å². The van der Waals surface area contributed by atoms with Gasteiger partial charge in [0, 0.05) is 6.04 Å². The molecule has 0 heterocycles. The van der Waals surface area contributed by atoms with Crippen molar-refractivity contribution in [3.8, 4) is 0 Å². The lowest BCUT2D eigenvalue weighted by Gasteiger charge is -2.15. The predicted octanol–water partition coefficient (Wildman–Crippen LogP) is 2.03. The van der Waals surface area contributed by atoms with Crippen molar-refractivity contribution < 1.29 is 0 Å². The molecule has 1 unspecified atom stereocenters. The minimum atomic E-state index is 0.825. The Morgan fingerprint density at radius 2 is 1.90 bits per heavy atom. The van der Waals surface area contributed by atoms with E-state index in [-0.39, 0.29) is 0 Å². The van der Waals surface area contributed by atoms with Crippen LogP contribution >= 0.6 is 0 Å². The van der Waals surface area contributed by atoms with Crippen LogP contribution in [-0.4, -0.2) is 12.6 Å². The van der Waals surface area contributed by atoms with Crippen molar-refractivity contribution in [2.75, 3.05) is 6.54 Å². The van der Waals surface area contributed by atoms with Gasteiger partial charge in [-0.3, -0.25) is 0 Å². The summed E-state index contributed by atoms with van der Waals surface area (Å²) in [7, 11) is 0. The summed E-state index contributed by atoms with van der Waals surface area (Å²) in [5.74, 6) is 1.66. The van der Waals surface area contributed by atoms with E-state index in [1.54, 1.807) is 0 Å². The van der Waals surface area contributed by atoms with E-state index in [1.807, 2.05) is 0 Å². The Morgan fingerprint density at radius 1 is 1.30 bits per heavy atom. The fraction of sp³-hybridized carbons (Fsp3) is 1.00. The fourth-order valence-corrected chi connectivity index (χ4v) is 0.876. The molecule has 1 heteroatoms. The number of rotatable bonds is 4. The van der Waals surface area contributed by atoms with Crippen LogP contribution in [0.4, 0.5) is 0 Å². The van der Waals surface area contributed by atoms with E-state index in [4.69, 9.17) is 0 Å². The summed E-state index contributed by atoms with van der Waals surface area (Å²) in [6.07, 6.45) is 2.82. The summed E-state index contributed by atoms with van der Waals surface area (Å²) >= 11 is 0. The first-order valence-corrected chi connectivity index (χ1v) is 4.43. The Balaban J connectivity index is 1.99. The second kappa shape index (κ2) is 3.38. The average molecular weight is 141 g/mol. The van der Waals surface area contributed by atoms with Crippen molar-refractivity contribution in [3.63, 3.8) is 0 Å². The van der Waals surface area contributed by atoms with E-state index < -0.39 is 0 Å². The van der Waals surface area contributed by atoms with Crippen molar-refractivity contribution in [2.45, 2.75) is 39.7 Å². The predicted molar refractivity (Wildman–Crippen MR) is 45.0 cm³/mol. The quantitative estimate of drug-likeness (QED) is 0.631. The maximum atomic E-state index is 3.54. The van der Waals surface area contributed by atoms with Gasteiger partial charge in [0.1, 0.15) is 0 Å². The van der Waals surface area contributed by atoms with Gasteiger partial charge in [-0.05, 0) is 31.2 Å². The molecule has 0 aromatic heterocycles. The van der Waals surface area contributed by atoms with Crippen molar-refractivity contribution in [2.24, 2.45) is 11.8 Å². The van der Waals surface area contributed by atoms with Crippen LogP contribution in [0.15, 0.2) is 0 Å². The molecule has 0 aromatic carbocycles. The van der Waals surface area contributed by atoms with E-state index >= 15 is 0 Å². The minimum Gasteiger partial charge on any atom is -0.314 e. The Kier molecular flexibility index (Phi) is 2.72. The van der Waals surface area contributed by atoms with Crippen LogP contribution in [0.1, 0.15) is 33.6 Å². The zero-order chi connectivity index (χ0) is 7.56. The SMILES string of the molecule is CC(C)C(C)CNC1CC1. The standard InChI is InChI=1S/C9H19N/c1-7(2)8(3)6-10-9-4-5-9/h7-10H,4-6H2,1-3H3. The topological polar surface area (TPSA) is 12.0 Å². The second-order valence-electron chi connectivity index (χ2n) is 3.90. The van der Waals surface area contributed by atoms with Crippen molar-refractivity contribution in [1.82, 2.24) is 5.32 Å². The highest BCUT2D eigenvalue weighted by Crippen LogP contribution is 2.19. The second-order valence-corrected chi connectivity index (χ2v) is 3.90. The van der Waals surface area contributed by atoms with Crippen molar-refractivity contribution in [1.29, 1.82) is 0 Å². The molecule has 0 aromatic rings. The zero-order valence-electron chi connectivity index (χ0n) is 7.35. The van der Waals surface area contributed by atoms with E-state index in [2.05, 4.69) is 26.1 Å². The highest BCUT2D eigenvalue weighted by molar-refractivity contribution is 4.81. The fourth-order valence-electron chi connectivity index (χ4n) is 0.876. The molecule has 1 nitrogen and oxygen atoms in total. The maximum Gasteiger partial charge on any atom is 0.00683 e. The van der Waals surface area contributed by atoms with Crippen LogP contribution < -0.4 is 5.32 Å². The molecule has 0 amide bonds. The molecular weight excluding hydrogens is 122 g/mol. The lowest BCUT2D eigenvalue weighted by molar-refractivity contribution is 0.392. The summed E-state index contributed by atoms with van der Waals surface area (Å²) in [6, 6.07) is 0.876. The molecule has 0 aliphatic heterocycles. The smallest absolute Gasteiger partial charge is 0.00683 e. The Hall–Kier alpha value is -0.0400. The molecule has 1 aliphatic rings. The number of hydrogen-bond donors (Lipinski definition) is 1. The van der Waals surface area contributed by atoms with Gasteiger partial charge in [0.25, 0.3) is 0 Å². The van der Waals surface area contributed by atoms with E-state index in [9.17, 15) is 0 Å². The van der Waals surface area contributed by atoms with Gasteiger partial charge in [0.15, 0.2) is 0 Å². The van der Waals surface area contributed by atoms with Gasteiger partial charge in [-0.15, -0.1) is 0 Å². The third kappa shape index (κ3) is 2.70. The van der Waals surface area contributed by atoms with Crippen LogP contribution in [0.5, 0.6) is 0 Å². The van der Waals surface area contributed by atoms with Crippen LogP contribution in [0.3, 0.4) is 0 Å². The molecule has 1 N–H and O–H groups in total. The minimum absolute atomic E-state index is 0.825. The molecule has 1 saturated carbocycles. The molecule has 0 radical (unpaired) electrons. The molecule has 0 spiro atoms. The summed E-state index contributed by atoms with van der Waals surface area (Å²) in [4.78, 5) is 0. The van der Waals surface area contributed by atoms with Crippen LogP contribution in [0.2, 0.25) is 0 Å². The molecule has 0 saturated heterocycles. The normalized spacial score (nSPS) is 21.6. The van der Waals surface area contributed by atoms with Crippen LogP contribution in [0, 0.1) is 11.8 Å². The van der Waals surface area contributed by atoms with E-state index in [0.29, 0.717) is 0 Å². The Bertz CT molecular complexity index is 94.9. The van der Waals surface area contributed by atoms with Gasteiger partial charge in [0.05, 0.1) is 0 Å². The highest BCUT2D eigenvalue weighted by Gasteiger charge is 2.21. The molecule has 10 heavy (non-hydrogen) atoms. The Labute approximate surface area is 64.2 Å². The van der Waals surface area contributed by atoms with Gasteiger partial charge in [-0.2, -0.15) is 0 Å². The highest BCUT2D eigenvalue weighted by atomic mass is 14.9. The number of hydrogen-bond acceptors (Lipinski definition) is 1. The first-order chi connectivity index (χ1) is 4.70. The lowest BCUT2D eigenvalue weighted by atomic mass is 9.98. The third-order valence-electron chi connectivity index (χ3n) is 2.44. The average Bonchev–Trinajstić information content (AvgIpc) is 2.64. The van der Waals surface area contributed by atoms with Crippen LogP contribution in [-0.2, 0) is 0 Å². The maximum absolute atomic E-state index is 3.54. The first kappa shape index (κ1) is 8.06. The van der Waals surface area contributed by atoms with Crippen molar-refractivity contribution in [3.05, 3.63) is 0 Å². The van der Waals surface area contributed by atoms with Crippen molar-refractivity contribution >= 4 is 0 Å². The number of nitrogens with one attached hydrogen (secondary N) is 1. The summed E-state index contributed by atoms with van der Waals surface area (Å²) < 4.78 is 0. The third-order valence-corrected chi connectivity index (χ3v) is 2.44. The van der Waals surface area contributed by atoms with Gasteiger partial charge in [-0.1, -0.05) is 20.8 Å². The van der Waals surface area contributed by atoms with Crippen LogP contribution in [0.25, 0.3) is 0 Å². The van der Waals surface area contributed by atoms with E-state index in [0.717, 1.165) is 17.9 Å². The molecular formula is C9H19N. The van der Waals surface area contributed by atoms with Gasteiger partial charge in [-0.25, -0.2) is 0 Å². The summed E-state index contributed by atoms with van der Waals surface area (Å²) in [5, 5.41) is 3.54. The zero-order valence-corrected chi connectivity index (χ0v) is 7.35. The summed E-state index contributed by atoms with van der Waals surface area (Å²) in [5.41, 5.74) is 0. The molecule has 0 bridgehead atoms. The molecule has 1 fully saturated rings. The first-order valence-electron chi connectivity index (χ1n) is 4.43. The van der Waals surface area contributed by atoms with E-state index in [1.165, 1.54) is 19.4 Å². The molecule has 1 aliphatic carbocycles. The van der Waals surface area contributed by atoms with Gasteiger partial charge in [0.2, 0.25) is 0 Å². The van der Waals surface area contributed by atoms with Gasteiger partial charge < -0.3 is 5.32 Å². The molecule has 1 atom stereocenters.